The molecule has 0 amide bonds. The third kappa shape index (κ3) is 1.22. The van der Waals surface area contributed by atoms with Crippen molar-refractivity contribution in [1.29, 1.82) is 0 Å². The number of hydrogen-bond donors (Lipinski definition) is 0. The van der Waals surface area contributed by atoms with Gasteiger partial charge in [-0.2, -0.15) is 0 Å². The summed E-state index contributed by atoms with van der Waals surface area (Å²) in [6.07, 6.45) is 6.41. The highest BCUT2D eigenvalue weighted by molar-refractivity contribution is 5.02. The summed E-state index contributed by atoms with van der Waals surface area (Å²) in [5, 5.41) is 0. The van der Waals surface area contributed by atoms with E-state index in [1.165, 1.54) is 25.8 Å². The molecule has 3 atom stereocenters. The predicted molar refractivity (Wildman–Crippen MR) is 47.5 cm³/mol. The normalized spacial score (nSPS) is 39.4. The van der Waals surface area contributed by atoms with Crippen molar-refractivity contribution in [2.45, 2.75) is 38.3 Å². The molecular weight excluding hydrogens is 134 g/mol. The lowest BCUT2D eigenvalue weighted by Gasteiger charge is -2.30. The summed E-state index contributed by atoms with van der Waals surface area (Å²) in [5.41, 5.74) is 0. The largest absolute Gasteiger partial charge is 0.294 e. The van der Waals surface area contributed by atoms with Gasteiger partial charge in [0.1, 0.15) is 0 Å². The highest BCUT2D eigenvalue weighted by Crippen LogP contribution is 2.43. The highest BCUT2D eigenvalue weighted by Gasteiger charge is 2.44. The maximum atomic E-state index is 3.85. The van der Waals surface area contributed by atoms with Crippen molar-refractivity contribution in [3.8, 4) is 0 Å². The molecule has 0 aromatic carbocycles. The molecule has 11 heavy (non-hydrogen) atoms. The molecule has 1 aliphatic carbocycles. The lowest BCUT2D eigenvalue weighted by Crippen LogP contribution is -2.37. The first kappa shape index (κ1) is 7.35. The van der Waals surface area contributed by atoms with Crippen molar-refractivity contribution >= 4 is 0 Å². The van der Waals surface area contributed by atoms with E-state index < -0.39 is 0 Å². The van der Waals surface area contributed by atoms with Crippen LogP contribution in [-0.2, 0) is 0 Å². The Morgan fingerprint density at radius 3 is 3.18 bits per heavy atom. The molecule has 0 spiro atoms. The van der Waals surface area contributed by atoms with Gasteiger partial charge in [0.2, 0.25) is 0 Å². The van der Waals surface area contributed by atoms with Gasteiger partial charge in [-0.1, -0.05) is 6.08 Å². The summed E-state index contributed by atoms with van der Waals surface area (Å²) in [7, 11) is 0. The Labute approximate surface area is 69.1 Å². The Kier molecular flexibility index (Phi) is 1.76. The van der Waals surface area contributed by atoms with E-state index in [9.17, 15) is 0 Å². The molecule has 1 saturated carbocycles. The van der Waals surface area contributed by atoms with Crippen LogP contribution in [0.15, 0.2) is 12.7 Å². The number of piperidine rings is 1. The fraction of sp³-hybridized carbons (Fsp3) is 0.800. The summed E-state index contributed by atoms with van der Waals surface area (Å²) >= 11 is 0. The van der Waals surface area contributed by atoms with Gasteiger partial charge in [-0.05, 0) is 38.6 Å². The Hall–Kier alpha value is -0.300. The van der Waals surface area contributed by atoms with Gasteiger partial charge >= 0.3 is 0 Å². The summed E-state index contributed by atoms with van der Waals surface area (Å²) in [4.78, 5) is 2.61. The molecule has 2 fully saturated rings. The average molecular weight is 151 g/mol. The molecule has 2 aliphatic rings. The molecule has 0 radical (unpaired) electrons. The third-order valence-electron chi connectivity index (χ3n) is 3.17. The maximum absolute atomic E-state index is 3.85. The second-order valence-corrected chi connectivity index (χ2v) is 3.92. The van der Waals surface area contributed by atoms with E-state index in [0.29, 0.717) is 6.04 Å². The lowest BCUT2D eigenvalue weighted by molar-refractivity contribution is 0.188. The zero-order valence-electron chi connectivity index (χ0n) is 7.29. The van der Waals surface area contributed by atoms with Crippen molar-refractivity contribution in [2.24, 2.45) is 5.92 Å². The Bertz CT molecular complexity index is 164. The molecule has 0 N–H and O–H groups in total. The van der Waals surface area contributed by atoms with Crippen molar-refractivity contribution < 1.29 is 0 Å². The molecule has 0 aromatic heterocycles. The van der Waals surface area contributed by atoms with E-state index in [-0.39, 0.29) is 0 Å². The Balaban J connectivity index is 1.97. The molecule has 3 unspecified atom stereocenters. The minimum Gasteiger partial charge on any atom is -0.294 e. The molecule has 1 saturated heterocycles. The van der Waals surface area contributed by atoms with Crippen molar-refractivity contribution in [1.82, 2.24) is 4.90 Å². The quantitative estimate of drug-likeness (QED) is 0.546. The number of likely N-dealkylation sites (tertiary alicyclic amines) is 1. The van der Waals surface area contributed by atoms with E-state index >= 15 is 0 Å². The van der Waals surface area contributed by atoms with E-state index in [0.717, 1.165) is 12.0 Å². The first-order valence-electron chi connectivity index (χ1n) is 4.71. The molecule has 1 heteroatoms. The minimum absolute atomic E-state index is 0.602. The van der Waals surface area contributed by atoms with Crippen LogP contribution in [0.2, 0.25) is 0 Å². The van der Waals surface area contributed by atoms with Gasteiger partial charge in [0, 0.05) is 12.1 Å². The number of fused-ring (bicyclic) bond motifs is 1. The summed E-state index contributed by atoms with van der Waals surface area (Å²) in [6.45, 7) is 7.40. The van der Waals surface area contributed by atoms with E-state index in [1.807, 2.05) is 0 Å². The van der Waals surface area contributed by atoms with Crippen molar-refractivity contribution in [2.75, 3.05) is 6.54 Å². The smallest absolute Gasteiger partial charge is 0.0250 e. The van der Waals surface area contributed by atoms with E-state index in [2.05, 4.69) is 24.5 Å². The molecule has 1 aliphatic heterocycles. The van der Waals surface area contributed by atoms with Crippen LogP contribution < -0.4 is 0 Å². The van der Waals surface area contributed by atoms with Crippen LogP contribution in [0.4, 0.5) is 0 Å². The van der Waals surface area contributed by atoms with Crippen LogP contribution in [-0.4, -0.2) is 23.5 Å². The van der Waals surface area contributed by atoms with Crippen LogP contribution in [0.3, 0.4) is 0 Å². The number of nitrogens with zero attached hydrogens (tertiary/aromatic N) is 1. The Morgan fingerprint density at radius 1 is 1.64 bits per heavy atom. The van der Waals surface area contributed by atoms with Crippen LogP contribution in [0, 0.1) is 5.92 Å². The van der Waals surface area contributed by atoms with Crippen LogP contribution in [0.1, 0.15) is 26.2 Å². The van der Waals surface area contributed by atoms with Crippen molar-refractivity contribution in [3.63, 3.8) is 0 Å². The Morgan fingerprint density at radius 2 is 2.45 bits per heavy atom. The molecular formula is C10H17N. The van der Waals surface area contributed by atoms with Crippen LogP contribution >= 0.6 is 0 Å². The fourth-order valence-electron chi connectivity index (χ4n) is 2.29. The monoisotopic (exact) mass is 151 g/mol. The topological polar surface area (TPSA) is 3.24 Å². The number of rotatable bonds is 2. The zero-order valence-corrected chi connectivity index (χ0v) is 7.29. The van der Waals surface area contributed by atoms with Crippen LogP contribution in [0.25, 0.3) is 0 Å². The maximum Gasteiger partial charge on any atom is 0.0250 e. The molecule has 0 bridgehead atoms. The van der Waals surface area contributed by atoms with Gasteiger partial charge in [0.15, 0.2) is 0 Å². The third-order valence-corrected chi connectivity index (χ3v) is 3.17. The summed E-state index contributed by atoms with van der Waals surface area (Å²) < 4.78 is 0. The zero-order chi connectivity index (χ0) is 7.84. The average Bonchev–Trinajstić information content (AvgIpc) is 2.80. The first-order valence-corrected chi connectivity index (χ1v) is 4.71. The lowest BCUT2D eigenvalue weighted by atomic mass is 10.1. The minimum atomic E-state index is 0.602. The SMILES string of the molecule is C=CC(C)N1CCCC2CC21. The second-order valence-electron chi connectivity index (χ2n) is 3.92. The summed E-state index contributed by atoms with van der Waals surface area (Å²) in [6, 6.07) is 1.53. The molecule has 2 rings (SSSR count). The van der Waals surface area contributed by atoms with Gasteiger partial charge in [-0.25, -0.2) is 0 Å². The van der Waals surface area contributed by atoms with Gasteiger partial charge < -0.3 is 0 Å². The van der Waals surface area contributed by atoms with Crippen molar-refractivity contribution in [3.05, 3.63) is 12.7 Å². The fourth-order valence-corrected chi connectivity index (χ4v) is 2.29. The van der Waals surface area contributed by atoms with Gasteiger partial charge in [-0.15, -0.1) is 6.58 Å². The van der Waals surface area contributed by atoms with Crippen LogP contribution in [0.5, 0.6) is 0 Å². The van der Waals surface area contributed by atoms with Gasteiger partial charge in [0.25, 0.3) is 0 Å². The molecule has 1 nitrogen and oxygen atoms in total. The van der Waals surface area contributed by atoms with E-state index in [1.54, 1.807) is 0 Å². The molecule has 62 valence electrons. The second kappa shape index (κ2) is 2.63. The molecule has 1 heterocycles. The van der Waals surface area contributed by atoms with Gasteiger partial charge in [-0.3, -0.25) is 4.90 Å². The molecule has 0 aromatic rings. The van der Waals surface area contributed by atoms with Gasteiger partial charge in [0.05, 0.1) is 0 Å². The predicted octanol–water partition coefficient (Wildman–Crippen LogP) is 2.05. The van der Waals surface area contributed by atoms with E-state index in [4.69, 9.17) is 0 Å². The standard InChI is InChI=1S/C10H17N/c1-3-8(2)11-6-4-5-9-7-10(9)11/h3,8-10H,1,4-7H2,2H3. The number of hydrogen-bond acceptors (Lipinski definition) is 1. The highest BCUT2D eigenvalue weighted by atomic mass is 15.2. The summed E-state index contributed by atoms with van der Waals surface area (Å²) in [5.74, 6) is 1.05. The first-order chi connectivity index (χ1) is 5.33.